The van der Waals surface area contributed by atoms with Crippen LogP contribution in [0.4, 0.5) is 26.3 Å². The molecule has 0 aliphatic heterocycles. The first-order chi connectivity index (χ1) is 7.27. The maximum absolute atomic E-state index is 12.8. The van der Waals surface area contributed by atoms with Crippen LogP contribution in [0.5, 0.6) is 0 Å². The largest absolute Gasteiger partial charge is 0.418 e. The van der Waals surface area contributed by atoms with Crippen LogP contribution in [0.1, 0.15) is 23.2 Å². The summed E-state index contributed by atoms with van der Waals surface area (Å²) in [5.74, 6) is -1.54. The van der Waals surface area contributed by atoms with E-state index in [1.807, 2.05) is 0 Å². The Kier molecular flexibility index (Phi) is 3.41. The topological polar surface area (TPSA) is 33.1 Å². The number of alkyl halides is 5. The zero-order valence-electron chi connectivity index (χ0n) is 7.52. The lowest BCUT2D eigenvalue weighted by Gasteiger charge is -2.13. The second-order valence-electron chi connectivity index (χ2n) is 2.83. The zero-order valence-corrected chi connectivity index (χ0v) is 7.52. The Hall–Kier alpha value is -1.31. The molecule has 1 rings (SSSR count). The third-order valence-corrected chi connectivity index (χ3v) is 1.76. The minimum Gasteiger partial charge on any atom is -0.392 e. The molecule has 2 nitrogen and oxygen atoms in total. The molecule has 0 spiro atoms. The molecule has 1 N–H and O–H groups in total. The van der Waals surface area contributed by atoms with Crippen molar-refractivity contribution < 1.29 is 31.4 Å². The molecule has 90 valence electrons. The first kappa shape index (κ1) is 12.8. The third-order valence-electron chi connectivity index (χ3n) is 1.76. The molecule has 8 heteroatoms. The van der Waals surface area contributed by atoms with Crippen molar-refractivity contribution in [3.63, 3.8) is 0 Å². The number of aliphatic hydroxyl groups excluding tert-OH is 1. The molecule has 0 aliphatic carbocycles. The number of rotatable bonds is 2. The maximum atomic E-state index is 12.8. The highest BCUT2D eigenvalue weighted by molar-refractivity contribution is 5.29. The Morgan fingerprint density at radius 3 is 2.25 bits per heavy atom. The summed E-state index contributed by atoms with van der Waals surface area (Å²) in [5.41, 5.74) is -4.20. The second kappa shape index (κ2) is 4.28. The predicted octanol–water partition coefficient (Wildman–Crippen LogP) is 2.67. The molecule has 0 aliphatic rings. The molecule has 1 aromatic rings. The fraction of sp³-hybridized carbons (Fsp3) is 0.375. The first-order valence-corrected chi connectivity index (χ1v) is 3.93. The summed E-state index contributed by atoms with van der Waals surface area (Å²) in [6, 6.07) is 0.129. The molecule has 16 heavy (non-hydrogen) atoms. The van der Waals surface area contributed by atoms with Crippen LogP contribution >= 0.6 is 0 Å². The van der Waals surface area contributed by atoms with Crippen molar-refractivity contribution in [3.8, 4) is 0 Å². The molecule has 1 heterocycles. The molecule has 0 aromatic carbocycles. The van der Waals surface area contributed by atoms with Gasteiger partial charge in [-0.1, -0.05) is 0 Å². The SMILES string of the molecule is OCc1cc(C(F)(F)F)c(C(F)F)nc1F. The van der Waals surface area contributed by atoms with Crippen LogP contribution < -0.4 is 0 Å². The summed E-state index contributed by atoms with van der Waals surface area (Å²) < 4.78 is 74.0. The van der Waals surface area contributed by atoms with Gasteiger partial charge in [0.15, 0.2) is 0 Å². The molecule has 1 aromatic heterocycles. The molecular formula is C8H5F6NO. The van der Waals surface area contributed by atoms with Crippen molar-refractivity contribution in [2.24, 2.45) is 0 Å². The lowest BCUT2D eigenvalue weighted by molar-refractivity contribution is -0.140. The number of hydrogen-bond acceptors (Lipinski definition) is 2. The Labute approximate surface area is 85.5 Å². The zero-order chi connectivity index (χ0) is 12.5. The van der Waals surface area contributed by atoms with Crippen molar-refractivity contribution >= 4 is 0 Å². The molecule has 0 amide bonds. The Balaban J connectivity index is 3.43. The van der Waals surface area contributed by atoms with Gasteiger partial charge in [-0.05, 0) is 6.07 Å². The summed E-state index contributed by atoms with van der Waals surface area (Å²) in [5, 5.41) is 8.50. The van der Waals surface area contributed by atoms with E-state index >= 15 is 0 Å². The highest BCUT2D eigenvalue weighted by Crippen LogP contribution is 2.36. The van der Waals surface area contributed by atoms with E-state index in [9.17, 15) is 26.3 Å². The van der Waals surface area contributed by atoms with Gasteiger partial charge in [0.1, 0.15) is 5.69 Å². The van der Waals surface area contributed by atoms with Gasteiger partial charge < -0.3 is 5.11 Å². The van der Waals surface area contributed by atoms with Gasteiger partial charge in [-0.2, -0.15) is 17.6 Å². The molecule has 0 unspecified atom stereocenters. The van der Waals surface area contributed by atoms with E-state index < -0.39 is 42.0 Å². The van der Waals surface area contributed by atoms with Crippen LogP contribution in [0.3, 0.4) is 0 Å². The van der Waals surface area contributed by atoms with Gasteiger partial charge in [-0.15, -0.1) is 0 Å². The average molecular weight is 245 g/mol. The van der Waals surface area contributed by atoms with Crippen molar-refractivity contribution in [3.05, 3.63) is 28.8 Å². The second-order valence-corrected chi connectivity index (χ2v) is 2.83. The number of nitrogens with zero attached hydrogens (tertiary/aromatic N) is 1. The Bertz CT molecular complexity index is 389. The highest BCUT2D eigenvalue weighted by Gasteiger charge is 2.37. The summed E-state index contributed by atoms with van der Waals surface area (Å²) >= 11 is 0. The third kappa shape index (κ3) is 2.43. The molecule has 0 radical (unpaired) electrons. The molecule has 0 atom stereocenters. The fourth-order valence-electron chi connectivity index (χ4n) is 1.05. The van der Waals surface area contributed by atoms with E-state index in [-0.39, 0.29) is 6.07 Å². The van der Waals surface area contributed by atoms with Gasteiger partial charge in [0, 0.05) is 5.56 Å². The number of aliphatic hydroxyl groups is 1. The molecule has 0 bridgehead atoms. The van der Waals surface area contributed by atoms with Crippen LogP contribution in [0.15, 0.2) is 6.07 Å². The predicted molar refractivity (Wildman–Crippen MR) is 40.1 cm³/mol. The Morgan fingerprint density at radius 1 is 1.31 bits per heavy atom. The summed E-state index contributed by atoms with van der Waals surface area (Å²) in [7, 11) is 0. The molecule has 0 saturated heterocycles. The number of halogens is 6. The fourth-order valence-corrected chi connectivity index (χ4v) is 1.05. The van der Waals surface area contributed by atoms with E-state index in [4.69, 9.17) is 5.11 Å². The summed E-state index contributed by atoms with van der Waals surface area (Å²) in [4.78, 5) is 2.51. The van der Waals surface area contributed by atoms with Gasteiger partial charge in [0.2, 0.25) is 5.95 Å². The maximum Gasteiger partial charge on any atom is 0.418 e. The van der Waals surface area contributed by atoms with Gasteiger partial charge in [-0.3, -0.25) is 0 Å². The van der Waals surface area contributed by atoms with Crippen LogP contribution in [-0.4, -0.2) is 10.1 Å². The van der Waals surface area contributed by atoms with Crippen molar-refractivity contribution in [2.45, 2.75) is 19.2 Å². The van der Waals surface area contributed by atoms with Crippen LogP contribution in [0.25, 0.3) is 0 Å². The van der Waals surface area contributed by atoms with E-state index in [1.165, 1.54) is 0 Å². The number of pyridine rings is 1. The highest BCUT2D eigenvalue weighted by atomic mass is 19.4. The summed E-state index contributed by atoms with van der Waals surface area (Å²) in [6.45, 7) is -1.05. The van der Waals surface area contributed by atoms with Gasteiger partial charge in [-0.25, -0.2) is 13.8 Å². The van der Waals surface area contributed by atoms with Crippen molar-refractivity contribution in [1.82, 2.24) is 4.98 Å². The lowest BCUT2D eigenvalue weighted by atomic mass is 10.1. The smallest absolute Gasteiger partial charge is 0.392 e. The normalized spacial score (nSPS) is 12.2. The van der Waals surface area contributed by atoms with Gasteiger partial charge >= 0.3 is 6.18 Å². The average Bonchev–Trinajstić information content (AvgIpc) is 2.15. The summed E-state index contributed by atoms with van der Waals surface area (Å²) in [6.07, 6.45) is -8.62. The molecular weight excluding hydrogens is 240 g/mol. The Morgan fingerprint density at radius 2 is 1.88 bits per heavy atom. The minimum absolute atomic E-state index is 0.129. The van der Waals surface area contributed by atoms with E-state index in [0.717, 1.165) is 0 Å². The van der Waals surface area contributed by atoms with E-state index in [1.54, 1.807) is 0 Å². The van der Waals surface area contributed by atoms with E-state index in [2.05, 4.69) is 4.98 Å². The lowest BCUT2D eigenvalue weighted by Crippen LogP contribution is -2.14. The molecule has 0 fully saturated rings. The van der Waals surface area contributed by atoms with Crippen LogP contribution in [-0.2, 0) is 12.8 Å². The van der Waals surface area contributed by atoms with Gasteiger partial charge in [0.05, 0.1) is 12.2 Å². The number of aromatic nitrogens is 1. The van der Waals surface area contributed by atoms with E-state index in [0.29, 0.717) is 0 Å². The van der Waals surface area contributed by atoms with Gasteiger partial charge in [0.25, 0.3) is 6.43 Å². The van der Waals surface area contributed by atoms with Crippen LogP contribution in [0, 0.1) is 5.95 Å². The monoisotopic (exact) mass is 245 g/mol. The van der Waals surface area contributed by atoms with Crippen molar-refractivity contribution in [2.75, 3.05) is 0 Å². The van der Waals surface area contributed by atoms with Crippen LogP contribution in [0.2, 0.25) is 0 Å². The standard InChI is InChI=1S/C8H5F6NO/c9-6(10)5-4(8(12,13)14)1-3(2-16)7(11)15-5/h1,6,16H,2H2. The minimum atomic E-state index is -5.07. The molecule has 0 saturated carbocycles. The van der Waals surface area contributed by atoms with Crippen molar-refractivity contribution in [1.29, 1.82) is 0 Å². The first-order valence-electron chi connectivity index (χ1n) is 3.93. The quantitative estimate of drug-likeness (QED) is 0.641. The number of hydrogen-bond donors (Lipinski definition) is 1.